The minimum atomic E-state index is 0.0585. The Morgan fingerprint density at radius 1 is 1.08 bits per heavy atom. The summed E-state index contributed by atoms with van der Waals surface area (Å²) in [6.45, 7) is 5.93. The summed E-state index contributed by atoms with van der Waals surface area (Å²) in [6.07, 6.45) is 1.56. The average molecular weight is 183 g/mol. The van der Waals surface area contributed by atoms with E-state index in [0.29, 0.717) is 26.2 Å². The first kappa shape index (κ1) is 10.0. The predicted molar refractivity (Wildman–Crippen MR) is 48.8 cm³/mol. The van der Waals surface area contributed by atoms with Gasteiger partial charge >= 0.3 is 0 Å². The van der Waals surface area contributed by atoms with Crippen LogP contribution in [0.1, 0.15) is 13.8 Å². The maximum Gasteiger partial charge on any atom is 0.226 e. The summed E-state index contributed by atoms with van der Waals surface area (Å²) in [6, 6.07) is 0. The molecule has 4 heteroatoms. The Kier molecular flexibility index (Phi) is 3.28. The maximum absolute atomic E-state index is 11.2. The van der Waals surface area contributed by atoms with Gasteiger partial charge in [0.15, 0.2) is 0 Å². The van der Waals surface area contributed by atoms with Crippen molar-refractivity contribution in [3.8, 4) is 0 Å². The van der Waals surface area contributed by atoms with Crippen LogP contribution in [0.15, 0.2) is 0 Å². The molecule has 1 aliphatic heterocycles. The molecule has 0 bridgehead atoms. The zero-order valence-electron chi connectivity index (χ0n) is 8.12. The number of piperazine rings is 1. The molecule has 0 aliphatic carbocycles. The van der Waals surface area contributed by atoms with Crippen LogP contribution in [0, 0.1) is 6.42 Å². The van der Waals surface area contributed by atoms with E-state index in [1.165, 1.54) is 0 Å². The van der Waals surface area contributed by atoms with E-state index in [1.807, 2.05) is 0 Å². The van der Waals surface area contributed by atoms with Gasteiger partial charge in [-0.2, -0.15) is 0 Å². The normalized spacial score (nSPS) is 17.4. The van der Waals surface area contributed by atoms with Crippen molar-refractivity contribution in [1.82, 2.24) is 9.80 Å². The second-order valence-corrected chi connectivity index (χ2v) is 3.12. The third-order valence-corrected chi connectivity index (χ3v) is 2.28. The van der Waals surface area contributed by atoms with E-state index in [9.17, 15) is 9.59 Å². The average Bonchev–Trinajstić information content (AvgIpc) is 2.17. The fourth-order valence-corrected chi connectivity index (χ4v) is 1.42. The van der Waals surface area contributed by atoms with E-state index >= 15 is 0 Å². The van der Waals surface area contributed by atoms with Crippen LogP contribution in [-0.2, 0) is 9.59 Å². The van der Waals surface area contributed by atoms with Crippen LogP contribution in [-0.4, -0.2) is 47.8 Å². The predicted octanol–water partition coefficient (Wildman–Crippen LogP) is -0.0987. The van der Waals surface area contributed by atoms with Crippen LogP contribution in [0.3, 0.4) is 0 Å². The van der Waals surface area contributed by atoms with E-state index in [4.69, 9.17) is 0 Å². The van der Waals surface area contributed by atoms with Crippen molar-refractivity contribution in [3.05, 3.63) is 6.42 Å². The molecule has 0 atom stereocenters. The molecule has 1 aliphatic rings. The van der Waals surface area contributed by atoms with Crippen molar-refractivity contribution in [2.24, 2.45) is 0 Å². The highest BCUT2D eigenvalue weighted by Crippen LogP contribution is 2.03. The smallest absolute Gasteiger partial charge is 0.226 e. The molecule has 1 saturated heterocycles. The van der Waals surface area contributed by atoms with E-state index in [0.717, 1.165) is 0 Å². The first-order valence-electron chi connectivity index (χ1n) is 4.49. The Balaban J connectivity index is 2.39. The minimum Gasteiger partial charge on any atom is -0.339 e. The first-order valence-corrected chi connectivity index (χ1v) is 4.49. The summed E-state index contributed by atoms with van der Waals surface area (Å²) in [7, 11) is 0. The molecule has 0 N–H and O–H groups in total. The van der Waals surface area contributed by atoms with E-state index in [-0.39, 0.29) is 11.8 Å². The van der Waals surface area contributed by atoms with Crippen LogP contribution >= 0.6 is 0 Å². The molecule has 0 aromatic heterocycles. The Bertz CT molecular complexity index is 208. The van der Waals surface area contributed by atoms with Crippen molar-refractivity contribution in [2.75, 3.05) is 26.2 Å². The summed E-state index contributed by atoms with van der Waals surface area (Å²) < 4.78 is 0. The first-order chi connectivity index (χ1) is 6.15. The monoisotopic (exact) mass is 183 g/mol. The van der Waals surface area contributed by atoms with Gasteiger partial charge in [-0.3, -0.25) is 9.59 Å². The Hall–Kier alpha value is -1.06. The number of carbonyl (C=O) groups excluding carboxylic acids is 2. The molecule has 1 rings (SSSR count). The van der Waals surface area contributed by atoms with E-state index in [2.05, 4.69) is 0 Å². The quantitative estimate of drug-likeness (QED) is 0.569. The zero-order chi connectivity index (χ0) is 9.84. The van der Waals surface area contributed by atoms with Gasteiger partial charge in [0.2, 0.25) is 11.8 Å². The minimum absolute atomic E-state index is 0.0585. The lowest BCUT2D eigenvalue weighted by Gasteiger charge is -2.33. The largest absolute Gasteiger partial charge is 0.339 e. The molecule has 0 unspecified atom stereocenters. The Morgan fingerprint density at radius 2 is 1.54 bits per heavy atom. The van der Waals surface area contributed by atoms with Crippen molar-refractivity contribution >= 4 is 11.8 Å². The van der Waals surface area contributed by atoms with Gasteiger partial charge < -0.3 is 9.80 Å². The van der Waals surface area contributed by atoms with Gasteiger partial charge in [-0.25, -0.2) is 0 Å². The number of hydrogen-bond donors (Lipinski definition) is 0. The molecule has 1 fully saturated rings. The zero-order valence-corrected chi connectivity index (χ0v) is 8.12. The van der Waals surface area contributed by atoms with Crippen LogP contribution in [0.2, 0.25) is 0 Å². The summed E-state index contributed by atoms with van der Waals surface area (Å²) >= 11 is 0. The molecule has 0 spiro atoms. The van der Waals surface area contributed by atoms with Crippen molar-refractivity contribution in [3.63, 3.8) is 0 Å². The number of rotatable bonds is 1. The molecule has 1 heterocycles. The highest BCUT2D eigenvalue weighted by molar-refractivity contribution is 5.84. The molecule has 2 amide bonds. The van der Waals surface area contributed by atoms with Gasteiger partial charge in [0.1, 0.15) is 0 Å². The lowest BCUT2D eigenvalue weighted by molar-refractivity contribution is -0.136. The summed E-state index contributed by atoms with van der Waals surface area (Å²) in [5.41, 5.74) is 0. The number of hydrogen-bond acceptors (Lipinski definition) is 2. The molecule has 13 heavy (non-hydrogen) atoms. The summed E-state index contributed by atoms with van der Waals surface area (Å²) in [5.74, 6) is 0.149. The lowest BCUT2D eigenvalue weighted by Crippen LogP contribution is -2.49. The third-order valence-electron chi connectivity index (χ3n) is 2.28. The van der Waals surface area contributed by atoms with Gasteiger partial charge in [-0.05, 0) is 0 Å². The second kappa shape index (κ2) is 4.25. The van der Waals surface area contributed by atoms with Crippen LogP contribution in [0.4, 0.5) is 0 Å². The van der Waals surface area contributed by atoms with E-state index < -0.39 is 0 Å². The van der Waals surface area contributed by atoms with Gasteiger partial charge in [0, 0.05) is 39.5 Å². The van der Waals surface area contributed by atoms with Crippen LogP contribution in [0.5, 0.6) is 0 Å². The number of carbonyl (C=O) groups is 2. The van der Waals surface area contributed by atoms with Crippen LogP contribution < -0.4 is 0 Å². The van der Waals surface area contributed by atoms with Gasteiger partial charge in [-0.15, -0.1) is 0 Å². The van der Waals surface area contributed by atoms with Crippen LogP contribution in [0.25, 0.3) is 0 Å². The number of nitrogens with zero attached hydrogens (tertiary/aromatic N) is 2. The molecule has 1 radical (unpaired) electrons. The Morgan fingerprint density at radius 3 is 1.92 bits per heavy atom. The molecule has 0 aromatic carbocycles. The van der Waals surface area contributed by atoms with Crippen molar-refractivity contribution in [1.29, 1.82) is 0 Å². The fourth-order valence-electron chi connectivity index (χ4n) is 1.42. The highest BCUT2D eigenvalue weighted by Gasteiger charge is 2.20. The van der Waals surface area contributed by atoms with Crippen molar-refractivity contribution < 1.29 is 9.59 Å². The van der Waals surface area contributed by atoms with Crippen molar-refractivity contribution in [2.45, 2.75) is 13.8 Å². The standard InChI is InChI=1S/C9H15N2O2/c1-3-9(13)11-6-4-10(5-7-11)8(2)12/h3H,4-7H2,1-2H3. The SMILES string of the molecule is C[CH]C(=O)N1CCN(C(C)=O)CC1. The summed E-state index contributed by atoms with van der Waals surface area (Å²) in [5, 5.41) is 0. The molecule has 0 saturated carbocycles. The molecule has 73 valence electrons. The fraction of sp³-hybridized carbons (Fsp3) is 0.667. The van der Waals surface area contributed by atoms with Gasteiger partial charge in [0.25, 0.3) is 0 Å². The van der Waals surface area contributed by atoms with Gasteiger partial charge in [-0.1, -0.05) is 6.92 Å². The third kappa shape index (κ3) is 2.44. The highest BCUT2D eigenvalue weighted by atomic mass is 16.2. The molecular formula is C9H15N2O2. The topological polar surface area (TPSA) is 40.6 Å². The maximum atomic E-state index is 11.2. The molecule has 0 aromatic rings. The lowest BCUT2D eigenvalue weighted by atomic mass is 10.3. The molecular weight excluding hydrogens is 168 g/mol. The second-order valence-electron chi connectivity index (χ2n) is 3.12. The van der Waals surface area contributed by atoms with Gasteiger partial charge in [0.05, 0.1) is 0 Å². The molecule has 4 nitrogen and oxygen atoms in total. The number of amides is 2. The Labute approximate surface area is 78.5 Å². The summed E-state index contributed by atoms with van der Waals surface area (Å²) in [4.78, 5) is 25.7. The van der Waals surface area contributed by atoms with E-state index in [1.54, 1.807) is 30.1 Å².